The highest BCUT2D eigenvalue weighted by atomic mass is 35.5. The van der Waals surface area contributed by atoms with Crippen molar-refractivity contribution in [1.82, 2.24) is 15.1 Å². The van der Waals surface area contributed by atoms with E-state index in [1.54, 1.807) is 0 Å². The lowest BCUT2D eigenvalue weighted by molar-refractivity contribution is -0.132. The van der Waals surface area contributed by atoms with E-state index in [0.29, 0.717) is 31.3 Å². The van der Waals surface area contributed by atoms with Gasteiger partial charge in [-0.3, -0.25) is 9.59 Å². The Morgan fingerprint density at radius 1 is 1.04 bits per heavy atom. The lowest BCUT2D eigenvalue weighted by Crippen LogP contribution is -2.39. The SMILES string of the molecule is CC(CC(=O)N1CCCN(C(=O)c2ccccc2)CC1)C1CCNCC1.Cl. The summed E-state index contributed by atoms with van der Waals surface area (Å²) in [6.45, 7) is 7.12. The van der Waals surface area contributed by atoms with Crippen molar-refractivity contribution in [2.75, 3.05) is 39.3 Å². The molecule has 0 radical (unpaired) electrons. The largest absolute Gasteiger partial charge is 0.341 e. The van der Waals surface area contributed by atoms with Gasteiger partial charge in [-0.2, -0.15) is 0 Å². The molecule has 27 heavy (non-hydrogen) atoms. The van der Waals surface area contributed by atoms with Gasteiger partial charge in [-0.05, 0) is 56.3 Å². The number of nitrogens with one attached hydrogen (secondary N) is 1. The zero-order valence-corrected chi connectivity index (χ0v) is 17.0. The summed E-state index contributed by atoms with van der Waals surface area (Å²) < 4.78 is 0. The first kappa shape index (κ1) is 21.7. The second kappa shape index (κ2) is 10.7. The topological polar surface area (TPSA) is 52.7 Å². The first-order valence-corrected chi connectivity index (χ1v) is 9.98. The Labute approximate surface area is 168 Å². The molecule has 2 aliphatic heterocycles. The van der Waals surface area contributed by atoms with Crippen LogP contribution in [0.4, 0.5) is 0 Å². The standard InChI is InChI=1S/C21H31N3O2.ClH/c1-17(18-8-10-22-11-9-18)16-20(25)23-12-5-13-24(15-14-23)21(26)19-6-3-2-4-7-19;/h2-4,6-7,17-18,22H,5,8-16H2,1H3;1H. The monoisotopic (exact) mass is 393 g/mol. The second-order valence-corrected chi connectivity index (χ2v) is 7.66. The summed E-state index contributed by atoms with van der Waals surface area (Å²) in [5.41, 5.74) is 0.729. The van der Waals surface area contributed by atoms with E-state index < -0.39 is 0 Å². The highest BCUT2D eigenvalue weighted by Crippen LogP contribution is 2.25. The Morgan fingerprint density at radius 2 is 1.67 bits per heavy atom. The normalized spacial score (nSPS) is 19.7. The molecule has 2 heterocycles. The van der Waals surface area contributed by atoms with Crippen LogP contribution in [0.5, 0.6) is 0 Å². The molecule has 1 atom stereocenters. The van der Waals surface area contributed by atoms with Gasteiger partial charge in [-0.25, -0.2) is 0 Å². The predicted molar refractivity (Wildman–Crippen MR) is 110 cm³/mol. The van der Waals surface area contributed by atoms with Gasteiger partial charge >= 0.3 is 0 Å². The zero-order valence-electron chi connectivity index (χ0n) is 16.2. The fraction of sp³-hybridized carbons (Fsp3) is 0.619. The predicted octanol–water partition coefficient (Wildman–Crippen LogP) is 2.81. The third kappa shape index (κ3) is 5.94. The number of carbonyl (C=O) groups is 2. The summed E-state index contributed by atoms with van der Waals surface area (Å²) in [6, 6.07) is 9.42. The van der Waals surface area contributed by atoms with E-state index in [2.05, 4.69) is 12.2 Å². The third-order valence-electron chi connectivity index (χ3n) is 5.84. The van der Waals surface area contributed by atoms with Crippen LogP contribution in [0.25, 0.3) is 0 Å². The number of nitrogens with zero attached hydrogens (tertiary/aromatic N) is 2. The maximum atomic E-state index is 12.8. The van der Waals surface area contributed by atoms with Crippen LogP contribution in [0.2, 0.25) is 0 Å². The summed E-state index contributed by atoms with van der Waals surface area (Å²) in [4.78, 5) is 29.2. The summed E-state index contributed by atoms with van der Waals surface area (Å²) in [5.74, 6) is 1.42. The van der Waals surface area contributed by atoms with Gasteiger partial charge in [0, 0.05) is 38.2 Å². The molecule has 1 unspecified atom stereocenters. The molecular formula is C21H32ClN3O2. The molecule has 2 fully saturated rings. The van der Waals surface area contributed by atoms with Crippen molar-refractivity contribution >= 4 is 24.2 Å². The van der Waals surface area contributed by atoms with Gasteiger partial charge in [0.1, 0.15) is 0 Å². The van der Waals surface area contributed by atoms with Gasteiger partial charge in [0.2, 0.25) is 5.91 Å². The van der Waals surface area contributed by atoms with Crippen LogP contribution in [0.3, 0.4) is 0 Å². The van der Waals surface area contributed by atoms with E-state index in [9.17, 15) is 9.59 Å². The smallest absolute Gasteiger partial charge is 0.253 e. The average molecular weight is 394 g/mol. The minimum atomic E-state index is 0. The summed E-state index contributed by atoms with van der Waals surface area (Å²) >= 11 is 0. The minimum absolute atomic E-state index is 0. The van der Waals surface area contributed by atoms with Crippen LogP contribution in [-0.4, -0.2) is 60.9 Å². The summed E-state index contributed by atoms with van der Waals surface area (Å²) in [5, 5.41) is 3.39. The first-order chi connectivity index (χ1) is 12.6. The van der Waals surface area contributed by atoms with Crippen LogP contribution < -0.4 is 5.32 Å². The molecule has 1 aromatic rings. The molecule has 0 aromatic heterocycles. The van der Waals surface area contributed by atoms with Gasteiger partial charge < -0.3 is 15.1 Å². The van der Waals surface area contributed by atoms with Gasteiger partial charge in [0.25, 0.3) is 5.91 Å². The molecule has 1 N–H and O–H groups in total. The Balaban J connectivity index is 0.00000261. The molecule has 6 heteroatoms. The van der Waals surface area contributed by atoms with Crippen molar-refractivity contribution in [3.63, 3.8) is 0 Å². The molecule has 0 aliphatic carbocycles. The summed E-state index contributed by atoms with van der Waals surface area (Å²) in [6.07, 6.45) is 3.84. The van der Waals surface area contributed by atoms with Crippen molar-refractivity contribution in [1.29, 1.82) is 0 Å². The van der Waals surface area contributed by atoms with Crippen molar-refractivity contribution in [2.45, 2.75) is 32.6 Å². The molecule has 3 rings (SSSR count). The summed E-state index contributed by atoms with van der Waals surface area (Å²) in [7, 11) is 0. The number of hydrogen-bond donors (Lipinski definition) is 1. The Hall–Kier alpha value is -1.59. The molecule has 2 amide bonds. The number of amides is 2. The van der Waals surface area contributed by atoms with Gasteiger partial charge in [-0.1, -0.05) is 25.1 Å². The Morgan fingerprint density at radius 3 is 2.37 bits per heavy atom. The quantitative estimate of drug-likeness (QED) is 0.855. The minimum Gasteiger partial charge on any atom is -0.341 e. The van der Waals surface area contributed by atoms with Crippen LogP contribution in [-0.2, 0) is 4.79 Å². The maximum Gasteiger partial charge on any atom is 0.253 e. The van der Waals surface area contributed by atoms with Crippen molar-refractivity contribution < 1.29 is 9.59 Å². The van der Waals surface area contributed by atoms with Crippen LogP contribution in [0, 0.1) is 11.8 Å². The van der Waals surface area contributed by atoms with Crippen molar-refractivity contribution in [2.24, 2.45) is 11.8 Å². The maximum absolute atomic E-state index is 12.8. The van der Waals surface area contributed by atoms with Gasteiger partial charge in [0.05, 0.1) is 0 Å². The van der Waals surface area contributed by atoms with Crippen molar-refractivity contribution in [3.05, 3.63) is 35.9 Å². The molecule has 150 valence electrons. The third-order valence-corrected chi connectivity index (χ3v) is 5.84. The molecular weight excluding hydrogens is 362 g/mol. The highest BCUT2D eigenvalue weighted by Gasteiger charge is 2.26. The lowest BCUT2D eigenvalue weighted by atomic mass is 9.84. The number of benzene rings is 1. The Bertz CT molecular complexity index is 605. The Kier molecular flexibility index (Phi) is 8.58. The van der Waals surface area contributed by atoms with Crippen LogP contribution >= 0.6 is 12.4 Å². The fourth-order valence-corrected chi connectivity index (χ4v) is 4.12. The number of carbonyl (C=O) groups excluding carboxylic acids is 2. The van der Waals surface area contributed by atoms with Gasteiger partial charge in [-0.15, -0.1) is 12.4 Å². The second-order valence-electron chi connectivity index (χ2n) is 7.66. The average Bonchev–Trinajstić information content (AvgIpc) is 2.95. The van der Waals surface area contributed by atoms with E-state index in [1.807, 2.05) is 40.1 Å². The molecule has 0 bridgehead atoms. The van der Waals surface area contributed by atoms with Gasteiger partial charge in [0.15, 0.2) is 0 Å². The molecule has 1 aromatic carbocycles. The number of rotatable bonds is 4. The number of halogens is 1. The van der Waals surface area contributed by atoms with E-state index in [4.69, 9.17) is 0 Å². The highest BCUT2D eigenvalue weighted by molar-refractivity contribution is 5.94. The van der Waals surface area contributed by atoms with E-state index >= 15 is 0 Å². The number of piperidine rings is 1. The molecule has 5 nitrogen and oxygen atoms in total. The molecule has 2 aliphatic rings. The van der Waals surface area contributed by atoms with E-state index in [-0.39, 0.29) is 24.2 Å². The first-order valence-electron chi connectivity index (χ1n) is 9.98. The number of hydrogen-bond acceptors (Lipinski definition) is 3. The molecule has 2 saturated heterocycles. The molecule has 0 saturated carbocycles. The van der Waals surface area contributed by atoms with Crippen molar-refractivity contribution in [3.8, 4) is 0 Å². The lowest BCUT2D eigenvalue weighted by Gasteiger charge is -2.30. The van der Waals surface area contributed by atoms with E-state index in [0.717, 1.165) is 38.2 Å². The fourth-order valence-electron chi connectivity index (χ4n) is 4.12. The van der Waals surface area contributed by atoms with Crippen LogP contribution in [0.1, 0.15) is 43.0 Å². The zero-order chi connectivity index (χ0) is 18.4. The molecule has 0 spiro atoms. The van der Waals surface area contributed by atoms with Crippen LogP contribution in [0.15, 0.2) is 30.3 Å². The van der Waals surface area contributed by atoms with E-state index in [1.165, 1.54) is 12.8 Å².